The lowest BCUT2D eigenvalue weighted by Crippen LogP contribution is -2.43. The van der Waals surface area contributed by atoms with E-state index in [9.17, 15) is 4.79 Å². The molecule has 1 N–H and O–H groups in total. The van der Waals surface area contributed by atoms with Crippen molar-refractivity contribution >= 4 is 29.1 Å². The molecule has 1 aromatic carbocycles. The van der Waals surface area contributed by atoms with Crippen LogP contribution in [0.25, 0.3) is 0 Å². The van der Waals surface area contributed by atoms with Gasteiger partial charge in [-0.15, -0.1) is 11.6 Å². The fraction of sp³-hybridized carbons (Fsp3) is 0.333. The van der Waals surface area contributed by atoms with E-state index in [0.29, 0.717) is 11.6 Å². The summed E-state index contributed by atoms with van der Waals surface area (Å²) < 4.78 is 0. The lowest BCUT2D eigenvalue weighted by atomic mass is 9.95. The van der Waals surface area contributed by atoms with Crippen LogP contribution in [-0.4, -0.2) is 32.7 Å². The summed E-state index contributed by atoms with van der Waals surface area (Å²) in [6.07, 6.45) is 2.43. The molecule has 0 saturated carbocycles. The van der Waals surface area contributed by atoms with Gasteiger partial charge in [-0.25, -0.2) is 4.98 Å². The van der Waals surface area contributed by atoms with Crippen LogP contribution in [0.5, 0.6) is 0 Å². The number of nitrogens with zero attached hydrogens (tertiary/aromatic N) is 2. The van der Waals surface area contributed by atoms with Gasteiger partial charge in [0.2, 0.25) is 5.91 Å². The standard InChI is InChI=1S/C15H15Cl2N3O/c1-9(16)15(21)20-7-6-12-13(19-8-18-12)14(20)10-2-4-11(17)5-3-10/h2-5,8-9,14H,6-7H2,1H3,(H,18,19). The lowest BCUT2D eigenvalue weighted by Gasteiger charge is -2.36. The topological polar surface area (TPSA) is 49.0 Å². The third-order valence-corrected chi connectivity index (χ3v) is 4.17. The van der Waals surface area contributed by atoms with E-state index in [4.69, 9.17) is 23.2 Å². The van der Waals surface area contributed by atoms with E-state index < -0.39 is 5.38 Å². The van der Waals surface area contributed by atoms with Crippen LogP contribution in [0.3, 0.4) is 0 Å². The molecular formula is C15H15Cl2N3O. The van der Waals surface area contributed by atoms with E-state index in [0.717, 1.165) is 23.4 Å². The van der Waals surface area contributed by atoms with Gasteiger partial charge in [0, 0.05) is 23.7 Å². The Labute approximate surface area is 133 Å². The molecular weight excluding hydrogens is 309 g/mol. The van der Waals surface area contributed by atoms with Crippen LogP contribution < -0.4 is 0 Å². The van der Waals surface area contributed by atoms with Gasteiger partial charge in [0.15, 0.2) is 0 Å². The molecule has 2 heterocycles. The van der Waals surface area contributed by atoms with Crippen LogP contribution in [0.15, 0.2) is 30.6 Å². The van der Waals surface area contributed by atoms with Gasteiger partial charge in [0.05, 0.1) is 12.0 Å². The molecule has 3 rings (SSSR count). The second kappa shape index (κ2) is 5.70. The van der Waals surface area contributed by atoms with Gasteiger partial charge >= 0.3 is 0 Å². The summed E-state index contributed by atoms with van der Waals surface area (Å²) >= 11 is 12.0. The number of aromatic amines is 1. The second-order valence-electron chi connectivity index (χ2n) is 5.12. The summed E-state index contributed by atoms with van der Waals surface area (Å²) in [5.74, 6) is -0.0785. The number of alkyl halides is 1. The maximum atomic E-state index is 12.4. The normalized spacial score (nSPS) is 19.2. The average Bonchev–Trinajstić information content (AvgIpc) is 2.94. The molecule has 1 aromatic heterocycles. The number of benzene rings is 1. The predicted octanol–water partition coefficient (Wildman–Crippen LogP) is 3.16. The van der Waals surface area contributed by atoms with E-state index in [1.807, 2.05) is 24.3 Å². The summed E-state index contributed by atoms with van der Waals surface area (Å²) in [6.45, 7) is 2.32. The predicted molar refractivity (Wildman–Crippen MR) is 82.6 cm³/mol. The van der Waals surface area contributed by atoms with Crippen LogP contribution in [0, 0.1) is 0 Å². The van der Waals surface area contributed by atoms with Crippen molar-refractivity contribution in [2.75, 3.05) is 6.54 Å². The first-order valence-corrected chi connectivity index (χ1v) is 7.61. The summed E-state index contributed by atoms with van der Waals surface area (Å²) in [7, 11) is 0. The maximum absolute atomic E-state index is 12.4. The van der Waals surface area contributed by atoms with Crippen LogP contribution >= 0.6 is 23.2 Å². The number of hydrogen-bond acceptors (Lipinski definition) is 2. The highest BCUT2D eigenvalue weighted by Crippen LogP contribution is 2.34. The summed E-state index contributed by atoms with van der Waals surface area (Å²) in [6, 6.07) is 7.28. The Morgan fingerprint density at radius 1 is 1.43 bits per heavy atom. The summed E-state index contributed by atoms with van der Waals surface area (Å²) in [5, 5.41) is 0.112. The number of carbonyl (C=O) groups is 1. The van der Waals surface area contributed by atoms with Crippen LogP contribution in [0.4, 0.5) is 0 Å². The number of rotatable bonds is 2. The Morgan fingerprint density at radius 3 is 2.81 bits per heavy atom. The van der Waals surface area contributed by atoms with Crippen molar-refractivity contribution in [3.8, 4) is 0 Å². The smallest absolute Gasteiger partial charge is 0.241 e. The molecule has 110 valence electrons. The zero-order valence-corrected chi connectivity index (χ0v) is 13.0. The molecule has 1 aliphatic heterocycles. The monoisotopic (exact) mass is 323 g/mol. The lowest BCUT2D eigenvalue weighted by molar-refractivity contribution is -0.132. The Kier molecular flexibility index (Phi) is 3.91. The minimum Gasteiger partial charge on any atom is -0.348 e. The van der Waals surface area contributed by atoms with Crippen molar-refractivity contribution in [2.24, 2.45) is 0 Å². The van der Waals surface area contributed by atoms with Crippen molar-refractivity contribution < 1.29 is 4.79 Å². The number of imidazole rings is 1. The van der Waals surface area contributed by atoms with Gasteiger partial charge in [0.1, 0.15) is 11.4 Å². The Balaban J connectivity index is 2.06. The minimum absolute atomic E-state index is 0.0785. The van der Waals surface area contributed by atoms with Crippen LogP contribution in [0.2, 0.25) is 5.02 Å². The van der Waals surface area contributed by atoms with E-state index in [1.165, 1.54) is 0 Å². The van der Waals surface area contributed by atoms with Crippen molar-refractivity contribution in [1.29, 1.82) is 0 Å². The van der Waals surface area contributed by atoms with Crippen LogP contribution in [-0.2, 0) is 11.2 Å². The molecule has 4 nitrogen and oxygen atoms in total. The first-order valence-electron chi connectivity index (χ1n) is 6.80. The van der Waals surface area contributed by atoms with Crippen LogP contribution in [0.1, 0.15) is 29.9 Å². The molecule has 1 aliphatic rings. The first kappa shape index (κ1) is 14.4. The fourth-order valence-electron chi connectivity index (χ4n) is 2.73. The third-order valence-electron chi connectivity index (χ3n) is 3.73. The molecule has 0 bridgehead atoms. The molecule has 0 aliphatic carbocycles. The molecule has 2 unspecified atom stereocenters. The minimum atomic E-state index is -0.555. The van der Waals surface area contributed by atoms with Gasteiger partial charge in [-0.1, -0.05) is 23.7 Å². The Morgan fingerprint density at radius 2 is 2.14 bits per heavy atom. The van der Waals surface area contributed by atoms with E-state index in [2.05, 4.69) is 9.97 Å². The number of halogens is 2. The number of amides is 1. The Bertz CT molecular complexity index is 651. The SMILES string of the molecule is CC(Cl)C(=O)N1CCc2[nH]cnc2C1c1ccc(Cl)cc1. The van der Waals surface area contributed by atoms with E-state index >= 15 is 0 Å². The van der Waals surface area contributed by atoms with Gasteiger partial charge in [-0.2, -0.15) is 0 Å². The quantitative estimate of drug-likeness (QED) is 0.863. The molecule has 0 radical (unpaired) electrons. The molecule has 2 aromatic rings. The van der Waals surface area contributed by atoms with Gasteiger partial charge in [0.25, 0.3) is 0 Å². The molecule has 1 amide bonds. The maximum Gasteiger partial charge on any atom is 0.241 e. The van der Waals surface area contributed by atoms with Gasteiger partial charge in [-0.05, 0) is 24.6 Å². The third kappa shape index (κ3) is 2.65. The van der Waals surface area contributed by atoms with Crippen molar-refractivity contribution in [1.82, 2.24) is 14.9 Å². The van der Waals surface area contributed by atoms with Gasteiger partial charge < -0.3 is 9.88 Å². The van der Waals surface area contributed by atoms with E-state index in [-0.39, 0.29) is 11.9 Å². The van der Waals surface area contributed by atoms with Crippen molar-refractivity contribution in [3.05, 3.63) is 52.6 Å². The Hall–Kier alpha value is -1.52. The summed E-state index contributed by atoms with van der Waals surface area (Å²) in [5.41, 5.74) is 2.94. The number of carbonyl (C=O) groups excluding carboxylic acids is 1. The number of hydrogen-bond donors (Lipinski definition) is 1. The van der Waals surface area contributed by atoms with Gasteiger partial charge in [-0.3, -0.25) is 4.79 Å². The van der Waals surface area contributed by atoms with E-state index in [1.54, 1.807) is 18.2 Å². The summed E-state index contributed by atoms with van der Waals surface area (Å²) in [4.78, 5) is 21.8. The highest BCUT2D eigenvalue weighted by atomic mass is 35.5. The number of aromatic nitrogens is 2. The number of nitrogens with one attached hydrogen (secondary N) is 1. The average molecular weight is 324 g/mol. The first-order chi connectivity index (χ1) is 10.1. The molecule has 0 spiro atoms. The number of fused-ring (bicyclic) bond motifs is 1. The zero-order valence-electron chi connectivity index (χ0n) is 11.5. The molecule has 0 fully saturated rings. The number of H-pyrrole nitrogens is 1. The second-order valence-corrected chi connectivity index (χ2v) is 6.21. The highest BCUT2D eigenvalue weighted by Gasteiger charge is 2.35. The molecule has 0 saturated heterocycles. The molecule has 2 atom stereocenters. The van der Waals surface area contributed by atoms with Crippen molar-refractivity contribution in [2.45, 2.75) is 24.8 Å². The fourth-order valence-corrected chi connectivity index (χ4v) is 2.98. The molecule has 21 heavy (non-hydrogen) atoms. The zero-order chi connectivity index (χ0) is 15.0. The highest BCUT2D eigenvalue weighted by molar-refractivity contribution is 6.30. The largest absolute Gasteiger partial charge is 0.348 e. The molecule has 6 heteroatoms. The van der Waals surface area contributed by atoms with Crippen molar-refractivity contribution in [3.63, 3.8) is 0 Å².